The Balaban J connectivity index is -0.000000105. The highest BCUT2D eigenvalue weighted by molar-refractivity contribution is 4.94. The van der Waals surface area contributed by atoms with Crippen LogP contribution in [0.3, 0.4) is 0 Å². The zero-order valence-electron chi connectivity index (χ0n) is 8.31. The van der Waals surface area contributed by atoms with Crippen molar-refractivity contribution in [3.63, 3.8) is 0 Å². The van der Waals surface area contributed by atoms with Gasteiger partial charge in [-0.05, 0) is 6.92 Å². The second kappa shape index (κ2) is 3.48. The van der Waals surface area contributed by atoms with Crippen molar-refractivity contribution in [3.8, 4) is 0 Å². The van der Waals surface area contributed by atoms with Crippen molar-refractivity contribution in [2.24, 2.45) is 0 Å². The molecule has 0 unspecified atom stereocenters. The Morgan fingerprint density at radius 1 is 2.40 bits per heavy atom. The van der Waals surface area contributed by atoms with Crippen molar-refractivity contribution in [1.82, 2.24) is 0 Å². The van der Waals surface area contributed by atoms with E-state index >= 15 is 0 Å². The highest BCUT2D eigenvalue weighted by Gasteiger charge is 1.42. The Morgan fingerprint density at radius 2 is 3.20 bits per heavy atom. The summed E-state index contributed by atoms with van der Waals surface area (Å²) in [5.41, 5.74) is 0. The van der Waals surface area contributed by atoms with Crippen LogP contribution in [-0.2, 0) is 0 Å². The molecule has 0 saturated heterocycles. The van der Waals surface area contributed by atoms with Gasteiger partial charge in [0.25, 0.3) is 0 Å². The second-order valence-electron chi connectivity index (χ2n) is 0.718. The SMILES string of the molecule is [2H]C=C/C=C\C.[2H][2H].[2H][2H]. The molecule has 0 aromatic rings. The Kier molecular flexibility index (Phi) is 0.899. The molecule has 0 radical (unpaired) electrons. The fraction of sp³-hybridized carbons (Fsp3) is 0.200. The van der Waals surface area contributed by atoms with Gasteiger partial charge in [0.2, 0.25) is 0 Å². The van der Waals surface area contributed by atoms with Gasteiger partial charge >= 0.3 is 0 Å². The molecule has 0 nitrogen and oxygen atoms in total. The first-order chi connectivity index (χ1) is 4.91. The fourth-order valence-corrected chi connectivity index (χ4v) is 0.111. The predicted molar refractivity (Wildman–Crippen MR) is 29.2 cm³/mol. The highest BCUT2D eigenvalue weighted by atomic mass is 13.5. The molecular weight excluding hydrogens is 60.1 g/mol. The first-order valence-electron chi connectivity index (χ1n) is 4.15. The summed E-state index contributed by atoms with van der Waals surface area (Å²) in [6, 6.07) is 0. The van der Waals surface area contributed by atoms with E-state index in [0.717, 1.165) is 0 Å². The molecule has 0 fully saturated rings. The van der Waals surface area contributed by atoms with Crippen molar-refractivity contribution >= 4 is 0 Å². The molecule has 0 aliphatic carbocycles. The summed E-state index contributed by atoms with van der Waals surface area (Å²) in [7, 11) is 0. The van der Waals surface area contributed by atoms with E-state index in [-0.39, 0.29) is 0 Å². The molecule has 0 atom stereocenters. The van der Waals surface area contributed by atoms with Crippen LogP contribution < -0.4 is 0 Å². The summed E-state index contributed by atoms with van der Waals surface area (Å²) >= 11 is 0. The molecule has 0 aliphatic rings. The molecule has 0 aliphatic heterocycles. The Hall–Kier alpha value is -0.520. The second-order valence-corrected chi connectivity index (χ2v) is 0.718. The standard InChI is InChI=1S/C5H8.2H2/c1-3-5-4-2;;/h3-5H,1H2,2H3;2*1H/b5-4-;;/i1D;2*1+1D/b3-1?,5-4-;;. The van der Waals surface area contributed by atoms with Crippen LogP contribution in [-0.4, -0.2) is 0 Å². The molecule has 0 heterocycles. The molecule has 0 bridgehead atoms. The first kappa shape index (κ1) is 1.29. The van der Waals surface area contributed by atoms with E-state index in [4.69, 9.17) is 7.31 Å². The number of allylic oxidation sites excluding steroid dienone is 3. The Bertz CT molecular complexity index is 58.4. The molecule has 0 amide bonds. The fourth-order valence-electron chi connectivity index (χ4n) is 0.111. The van der Waals surface area contributed by atoms with Crippen molar-refractivity contribution in [2.45, 2.75) is 6.92 Å². The Morgan fingerprint density at radius 3 is 3.40 bits per heavy atom. The summed E-state index contributed by atoms with van der Waals surface area (Å²) in [6.45, 7) is 3.17. The van der Waals surface area contributed by atoms with Crippen LogP contribution >= 0.6 is 0 Å². The monoisotopic (exact) mass is 77.1 g/mol. The van der Waals surface area contributed by atoms with Crippen LogP contribution in [0.1, 0.15) is 14.2 Å². The number of hydrogen-bond donors (Lipinski definition) is 0. The summed E-state index contributed by atoms with van der Waals surface area (Å²) in [5, 5.41) is 0. The largest absolute Gasteiger partial charge is 0.0991 e. The number of hydrogen-bond acceptors (Lipinski definition) is 0. The smallest absolute Gasteiger partial charge is 0.0538 e. The van der Waals surface area contributed by atoms with Crippen LogP contribution in [0.4, 0.5) is 0 Å². The average molecular weight is 77.2 g/mol. The third kappa shape index (κ3) is 3.48. The average Bonchev–Trinajstić information content (AvgIpc) is 2.08. The van der Waals surface area contributed by atoms with E-state index in [9.17, 15) is 0 Å². The van der Waals surface area contributed by atoms with E-state index < -0.39 is 0 Å². The maximum atomic E-state index is 6.47. The van der Waals surface area contributed by atoms with Crippen LogP contribution in [0.2, 0.25) is 0 Å². The molecular formula is C5H12. The zero-order chi connectivity index (χ0) is 8.83. The van der Waals surface area contributed by atoms with Gasteiger partial charge in [-0.2, -0.15) is 0 Å². The lowest BCUT2D eigenvalue weighted by Gasteiger charge is -1.56. The van der Waals surface area contributed by atoms with Crippen LogP contribution in [0.5, 0.6) is 0 Å². The molecule has 0 aromatic heterocycles. The highest BCUT2D eigenvalue weighted by Crippen LogP contribution is 1.64. The van der Waals surface area contributed by atoms with E-state index in [0.29, 0.717) is 0 Å². The van der Waals surface area contributed by atoms with Gasteiger partial charge in [-0.1, -0.05) is 24.8 Å². The maximum Gasteiger partial charge on any atom is 0.0538 e. The van der Waals surface area contributed by atoms with Crippen molar-refractivity contribution < 1.29 is 7.31 Å². The van der Waals surface area contributed by atoms with E-state index in [1.165, 1.54) is 6.55 Å². The zero-order valence-corrected chi connectivity index (χ0v) is 3.31. The molecule has 0 saturated carbocycles. The summed E-state index contributed by atoms with van der Waals surface area (Å²) in [4.78, 5) is 0. The van der Waals surface area contributed by atoms with Gasteiger partial charge in [-0.3, -0.25) is 0 Å². The third-order valence-corrected chi connectivity index (χ3v) is 0.304. The number of rotatable bonds is 1. The predicted octanol–water partition coefficient (Wildman–Crippen LogP) is 2.24. The molecule has 0 aromatic carbocycles. The van der Waals surface area contributed by atoms with E-state index in [1.54, 1.807) is 6.08 Å². The van der Waals surface area contributed by atoms with Crippen molar-refractivity contribution in [2.75, 3.05) is 0 Å². The van der Waals surface area contributed by atoms with Gasteiger partial charge in [0.15, 0.2) is 0 Å². The minimum absolute atomic E-state index is 1.25. The molecule has 0 rings (SSSR count). The maximum absolute atomic E-state index is 6.47. The minimum atomic E-state index is 1.25. The topological polar surface area (TPSA) is 0 Å². The lowest BCUT2D eigenvalue weighted by molar-refractivity contribution is 1.74. The normalized spacial score (nSPS) is 17.4. The van der Waals surface area contributed by atoms with Crippen LogP contribution in [0, 0.1) is 0 Å². The molecule has 5 heavy (non-hydrogen) atoms. The summed E-state index contributed by atoms with van der Waals surface area (Å²) in [5.74, 6) is 0. The van der Waals surface area contributed by atoms with Crippen molar-refractivity contribution in [3.05, 3.63) is 24.8 Å². The van der Waals surface area contributed by atoms with Crippen molar-refractivity contribution in [1.29, 1.82) is 0 Å². The molecule has 32 valence electrons. The van der Waals surface area contributed by atoms with E-state index in [2.05, 4.69) is 0 Å². The van der Waals surface area contributed by atoms with E-state index in [1.807, 2.05) is 19.1 Å². The minimum Gasteiger partial charge on any atom is -0.0991 e. The first-order valence-corrected chi connectivity index (χ1v) is 1.58. The van der Waals surface area contributed by atoms with Crippen LogP contribution in [0.25, 0.3) is 0 Å². The van der Waals surface area contributed by atoms with Gasteiger partial charge in [0.05, 0.1) is 1.37 Å². The Labute approximate surface area is 40.4 Å². The van der Waals surface area contributed by atoms with Crippen LogP contribution in [0.15, 0.2) is 24.8 Å². The lowest BCUT2D eigenvalue weighted by Crippen LogP contribution is -1.33. The van der Waals surface area contributed by atoms with Gasteiger partial charge in [-0.25, -0.2) is 0 Å². The quantitative estimate of drug-likeness (QED) is 0.421. The summed E-state index contributed by atoms with van der Waals surface area (Å²) in [6.07, 6.45) is 5.36. The summed E-state index contributed by atoms with van der Waals surface area (Å²) < 4.78 is 26.5. The lowest BCUT2D eigenvalue weighted by atomic mass is 10.5. The van der Waals surface area contributed by atoms with Gasteiger partial charge in [0.1, 0.15) is 0 Å². The third-order valence-electron chi connectivity index (χ3n) is 0.304. The van der Waals surface area contributed by atoms with Gasteiger partial charge in [0, 0.05) is 5.94 Å². The van der Waals surface area contributed by atoms with Gasteiger partial charge < -0.3 is 0 Å². The van der Waals surface area contributed by atoms with Gasteiger partial charge in [-0.15, -0.1) is 0 Å². The molecule has 0 N–H and O–H groups in total. The molecule has 0 heteroatoms. The molecule has 0 spiro atoms.